The van der Waals surface area contributed by atoms with Gasteiger partial charge in [-0.1, -0.05) is 84.9 Å². The van der Waals surface area contributed by atoms with Crippen molar-refractivity contribution in [3.8, 4) is 0 Å². The van der Waals surface area contributed by atoms with Gasteiger partial charge in [-0.15, -0.1) is 0 Å². The van der Waals surface area contributed by atoms with Crippen LogP contribution in [0, 0.1) is 0 Å². The van der Waals surface area contributed by atoms with Crippen molar-refractivity contribution < 1.29 is 0 Å². The molecule has 0 atom stereocenters. The van der Waals surface area contributed by atoms with Crippen LogP contribution in [0.15, 0.2) is 60.7 Å². The van der Waals surface area contributed by atoms with Gasteiger partial charge in [-0.2, -0.15) is 0 Å². The molecule has 0 aliphatic carbocycles. The first kappa shape index (κ1) is 11.2. The summed E-state index contributed by atoms with van der Waals surface area (Å²) in [6.07, 6.45) is 0. The molecular formula is C15H17Si. The van der Waals surface area contributed by atoms with Gasteiger partial charge in [-0.05, 0) is 5.54 Å². The van der Waals surface area contributed by atoms with Crippen LogP contribution in [-0.2, 0) is 0 Å². The lowest BCUT2D eigenvalue weighted by Gasteiger charge is -2.19. The largest absolute Gasteiger partial charge is 0.124 e. The second kappa shape index (κ2) is 5.13. The minimum absolute atomic E-state index is 0.617. The molecule has 0 heterocycles. The fraction of sp³-hybridized carbons (Fsp3) is 0.200. The van der Waals surface area contributed by atoms with Crippen LogP contribution in [0.1, 0.15) is 13.8 Å². The molecule has 2 aromatic carbocycles. The number of benzene rings is 2. The van der Waals surface area contributed by atoms with E-state index in [4.69, 9.17) is 0 Å². The minimum atomic E-state index is -0.617. The summed E-state index contributed by atoms with van der Waals surface area (Å²) in [5, 5.41) is 3.02. The van der Waals surface area contributed by atoms with Crippen LogP contribution in [0.25, 0.3) is 0 Å². The van der Waals surface area contributed by atoms with E-state index in [1.165, 1.54) is 10.4 Å². The summed E-state index contributed by atoms with van der Waals surface area (Å²) in [6.45, 7) is 4.66. The SMILES string of the molecule is CC(C)[Si](c1ccccc1)c1ccccc1. The van der Waals surface area contributed by atoms with E-state index in [1.807, 2.05) is 0 Å². The van der Waals surface area contributed by atoms with Gasteiger partial charge in [-0.3, -0.25) is 0 Å². The number of hydrogen-bond acceptors (Lipinski definition) is 0. The lowest BCUT2D eigenvalue weighted by atomic mass is 10.4. The molecule has 0 N–H and O–H groups in total. The Morgan fingerprint density at radius 1 is 0.688 bits per heavy atom. The second-order valence-corrected chi connectivity index (χ2v) is 7.44. The molecule has 0 nitrogen and oxygen atoms in total. The van der Waals surface area contributed by atoms with Crippen molar-refractivity contribution in [3.05, 3.63) is 60.7 Å². The lowest BCUT2D eigenvalue weighted by Crippen LogP contribution is -2.44. The van der Waals surface area contributed by atoms with E-state index in [1.54, 1.807) is 0 Å². The Balaban J connectivity index is 2.40. The van der Waals surface area contributed by atoms with Crippen LogP contribution >= 0.6 is 0 Å². The van der Waals surface area contributed by atoms with E-state index < -0.39 is 8.80 Å². The van der Waals surface area contributed by atoms with E-state index in [0.717, 1.165) is 5.54 Å². The molecule has 2 aromatic rings. The van der Waals surface area contributed by atoms with Crippen molar-refractivity contribution >= 4 is 19.2 Å². The zero-order valence-electron chi connectivity index (χ0n) is 9.85. The minimum Gasteiger partial charge on any atom is -0.0647 e. The fourth-order valence-electron chi connectivity index (χ4n) is 2.07. The molecule has 1 heteroatoms. The molecule has 0 aromatic heterocycles. The predicted molar refractivity (Wildman–Crippen MR) is 73.0 cm³/mol. The maximum atomic E-state index is 2.33. The summed E-state index contributed by atoms with van der Waals surface area (Å²) >= 11 is 0. The molecule has 0 unspecified atom stereocenters. The molecule has 0 saturated carbocycles. The van der Waals surface area contributed by atoms with E-state index in [0.29, 0.717) is 0 Å². The van der Waals surface area contributed by atoms with Gasteiger partial charge in [0.25, 0.3) is 0 Å². The van der Waals surface area contributed by atoms with Crippen molar-refractivity contribution in [1.82, 2.24) is 0 Å². The quantitative estimate of drug-likeness (QED) is 0.705. The third-order valence-corrected chi connectivity index (χ3v) is 5.81. The first-order chi connectivity index (χ1) is 7.79. The molecule has 0 aliphatic rings. The smallest absolute Gasteiger partial charge is 0.0647 e. The standard InChI is InChI=1S/C15H17Si/c1-13(2)16(14-9-5-3-6-10-14)15-11-7-4-8-12-15/h3-13H,1-2H3. The lowest BCUT2D eigenvalue weighted by molar-refractivity contribution is 1.05. The molecule has 16 heavy (non-hydrogen) atoms. The molecule has 2 rings (SSSR count). The Morgan fingerprint density at radius 3 is 1.38 bits per heavy atom. The van der Waals surface area contributed by atoms with Crippen LogP contribution in [0.3, 0.4) is 0 Å². The fourth-order valence-corrected chi connectivity index (χ4v) is 4.84. The maximum Gasteiger partial charge on any atom is 0.124 e. The number of hydrogen-bond donors (Lipinski definition) is 0. The third-order valence-electron chi connectivity index (χ3n) is 2.75. The molecule has 0 saturated heterocycles. The van der Waals surface area contributed by atoms with E-state index in [2.05, 4.69) is 74.5 Å². The van der Waals surface area contributed by atoms with E-state index >= 15 is 0 Å². The average Bonchev–Trinajstić information content (AvgIpc) is 2.31. The Labute approximate surface area is 99.6 Å². The highest BCUT2D eigenvalue weighted by atomic mass is 28.3. The van der Waals surface area contributed by atoms with Crippen LogP contribution in [-0.4, -0.2) is 8.80 Å². The summed E-state index contributed by atoms with van der Waals surface area (Å²) in [4.78, 5) is 0. The Morgan fingerprint density at radius 2 is 1.06 bits per heavy atom. The van der Waals surface area contributed by atoms with Gasteiger partial charge >= 0.3 is 0 Å². The summed E-state index contributed by atoms with van der Waals surface area (Å²) in [7, 11) is -0.617. The van der Waals surface area contributed by atoms with Gasteiger partial charge in [0.15, 0.2) is 0 Å². The van der Waals surface area contributed by atoms with Crippen molar-refractivity contribution in [2.24, 2.45) is 0 Å². The summed E-state index contributed by atoms with van der Waals surface area (Å²) in [5.41, 5.74) is 0.717. The molecule has 0 amide bonds. The normalized spacial score (nSPS) is 11.0. The first-order valence-corrected chi connectivity index (χ1v) is 7.34. The first-order valence-electron chi connectivity index (χ1n) is 5.76. The molecule has 0 bridgehead atoms. The Bertz CT molecular complexity index is 380. The van der Waals surface area contributed by atoms with Crippen molar-refractivity contribution in [2.45, 2.75) is 19.4 Å². The molecule has 0 spiro atoms. The van der Waals surface area contributed by atoms with Crippen molar-refractivity contribution in [2.75, 3.05) is 0 Å². The zero-order valence-corrected chi connectivity index (χ0v) is 10.9. The van der Waals surface area contributed by atoms with Gasteiger partial charge in [0.05, 0.1) is 0 Å². The Hall–Kier alpha value is -1.34. The maximum absolute atomic E-state index is 2.33. The highest BCUT2D eigenvalue weighted by Crippen LogP contribution is 2.08. The molecule has 81 valence electrons. The Kier molecular flexibility index (Phi) is 3.57. The average molecular weight is 225 g/mol. The van der Waals surface area contributed by atoms with Gasteiger partial charge in [0.1, 0.15) is 8.80 Å². The summed E-state index contributed by atoms with van der Waals surface area (Å²) in [5.74, 6) is 0. The number of rotatable bonds is 3. The van der Waals surface area contributed by atoms with Crippen LogP contribution in [0.4, 0.5) is 0 Å². The van der Waals surface area contributed by atoms with Gasteiger partial charge in [0, 0.05) is 0 Å². The van der Waals surface area contributed by atoms with Gasteiger partial charge in [-0.25, -0.2) is 0 Å². The molecule has 0 fully saturated rings. The summed E-state index contributed by atoms with van der Waals surface area (Å²) in [6, 6.07) is 21.8. The molecule has 0 aliphatic heterocycles. The predicted octanol–water partition coefficient (Wildman–Crippen LogP) is 2.71. The highest BCUT2D eigenvalue weighted by Gasteiger charge is 2.19. The van der Waals surface area contributed by atoms with Crippen LogP contribution in [0.2, 0.25) is 5.54 Å². The topological polar surface area (TPSA) is 0 Å². The highest BCUT2D eigenvalue weighted by molar-refractivity contribution is 6.86. The molecular weight excluding hydrogens is 208 g/mol. The summed E-state index contributed by atoms with van der Waals surface area (Å²) < 4.78 is 0. The third kappa shape index (κ3) is 2.42. The van der Waals surface area contributed by atoms with E-state index in [-0.39, 0.29) is 0 Å². The van der Waals surface area contributed by atoms with Crippen LogP contribution < -0.4 is 10.4 Å². The van der Waals surface area contributed by atoms with Gasteiger partial charge < -0.3 is 0 Å². The zero-order chi connectivity index (χ0) is 11.4. The van der Waals surface area contributed by atoms with E-state index in [9.17, 15) is 0 Å². The van der Waals surface area contributed by atoms with Gasteiger partial charge in [0.2, 0.25) is 0 Å². The molecule has 1 radical (unpaired) electrons. The van der Waals surface area contributed by atoms with Crippen LogP contribution in [0.5, 0.6) is 0 Å². The van der Waals surface area contributed by atoms with Crippen molar-refractivity contribution in [3.63, 3.8) is 0 Å². The van der Waals surface area contributed by atoms with Crippen molar-refractivity contribution in [1.29, 1.82) is 0 Å². The second-order valence-electron chi connectivity index (χ2n) is 4.30. The monoisotopic (exact) mass is 225 g/mol.